The maximum Gasteiger partial charge on any atom is 0.307 e. The Hall–Kier alpha value is -1.29. The van der Waals surface area contributed by atoms with Crippen LogP contribution in [0.2, 0.25) is 0 Å². The van der Waals surface area contributed by atoms with Crippen LogP contribution in [-0.4, -0.2) is 35.6 Å². The van der Waals surface area contributed by atoms with Crippen LogP contribution in [0.25, 0.3) is 0 Å². The van der Waals surface area contributed by atoms with Crippen molar-refractivity contribution in [3.05, 3.63) is 24.2 Å². The van der Waals surface area contributed by atoms with Crippen LogP contribution in [0.5, 0.6) is 0 Å². The van der Waals surface area contributed by atoms with E-state index in [2.05, 4.69) is 6.92 Å². The summed E-state index contributed by atoms with van der Waals surface area (Å²) in [7, 11) is 1.94. The van der Waals surface area contributed by atoms with E-state index in [1.165, 1.54) is 0 Å². The van der Waals surface area contributed by atoms with Gasteiger partial charge in [-0.15, -0.1) is 0 Å². The predicted octanol–water partition coefficient (Wildman–Crippen LogP) is 1.86. The number of carbonyl (C=O) groups is 1. The van der Waals surface area contributed by atoms with Crippen LogP contribution in [0, 0.1) is 5.92 Å². The number of furan rings is 1. The highest BCUT2D eigenvalue weighted by molar-refractivity contribution is 5.69. The fraction of sp³-hybridized carbons (Fsp3) is 0.583. The van der Waals surface area contributed by atoms with Gasteiger partial charge in [-0.3, -0.25) is 4.79 Å². The van der Waals surface area contributed by atoms with Crippen LogP contribution in [0.1, 0.15) is 19.6 Å². The van der Waals surface area contributed by atoms with Gasteiger partial charge in [-0.25, -0.2) is 0 Å². The summed E-state index contributed by atoms with van der Waals surface area (Å²) in [6.07, 6.45) is 2.46. The maximum atomic E-state index is 10.7. The van der Waals surface area contributed by atoms with Gasteiger partial charge in [0, 0.05) is 19.0 Å². The highest BCUT2D eigenvalue weighted by Gasteiger charge is 2.18. The number of likely N-dealkylation sites (N-methyl/N-ethyl adjacent to an activating group) is 1. The van der Waals surface area contributed by atoms with Crippen LogP contribution in [0.15, 0.2) is 22.8 Å². The Morgan fingerprint density at radius 1 is 1.56 bits per heavy atom. The van der Waals surface area contributed by atoms with Gasteiger partial charge in [-0.2, -0.15) is 0 Å². The monoisotopic (exact) mass is 225 g/mol. The average Bonchev–Trinajstić information content (AvgIpc) is 2.69. The van der Waals surface area contributed by atoms with E-state index in [-0.39, 0.29) is 12.0 Å². The van der Waals surface area contributed by atoms with Crippen molar-refractivity contribution in [3.63, 3.8) is 0 Å². The van der Waals surface area contributed by atoms with E-state index in [0.717, 1.165) is 12.2 Å². The Morgan fingerprint density at radius 2 is 2.25 bits per heavy atom. The normalized spacial score (nSPS) is 15.0. The largest absolute Gasteiger partial charge is 0.481 e. The van der Waals surface area contributed by atoms with Crippen LogP contribution in [0.4, 0.5) is 0 Å². The fourth-order valence-electron chi connectivity index (χ4n) is 1.57. The van der Waals surface area contributed by atoms with Crippen molar-refractivity contribution in [1.82, 2.24) is 4.90 Å². The lowest BCUT2D eigenvalue weighted by Gasteiger charge is -2.25. The van der Waals surface area contributed by atoms with Crippen molar-refractivity contribution in [1.29, 1.82) is 0 Å². The molecule has 0 aliphatic carbocycles. The van der Waals surface area contributed by atoms with E-state index in [1.54, 1.807) is 13.2 Å². The van der Waals surface area contributed by atoms with Gasteiger partial charge in [0.25, 0.3) is 0 Å². The molecule has 0 radical (unpaired) electrons. The minimum absolute atomic E-state index is 0.271. The smallest absolute Gasteiger partial charge is 0.307 e. The molecular weight excluding hydrogens is 206 g/mol. The molecule has 1 aromatic heterocycles. The van der Waals surface area contributed by atoms with E-state index in [9.17, 15) is 4.79 Å². The quantitative estimate of drug-likeness (QED) is 0.803. The van der Waals surface area contributed by atoms with Crippen molar-refractivity contribution in [3.8, 4) is 0 Å². The summed E-state index contributed by atoms with van der Waals surface area (Å²) < 4.78 is 5.26. The van der Waals surface area contributed by atoms with Gasteiger partial charge >= 0.3 is 5.97 Å². The van der Waals surface area contributed by atoms with E-state index in [1.807, 2.05) is 24.1 Å². The molecule has 1 rings (SSSR count). The summed E-state index contributed by atoms with van der Waals surface area (Å²) >= 11 is 0. The first-order chi connectivity index (χ1) is 7.50. The van der Waals surface area contributed by atoms with Gasteiger partial charge in [-0.05, 0) is 26.1 Å². The molecule has 0 saturated heterocycles. The number of carboxylic acid groups (broad SMARTS) is 1. The zero-order valence-electron chi connectivity index (χ0n) is 10.0. The summed E-state index contributed by atoms with van der Waals surface area (Å²) in [4.78, 5) is 12.8. The van der Waals surface area contributed by atoms with Gasteiger partial charge in [-0.1, -0.05) is 6.92 Å². The summed E-state index contributed by atoms with van der Waals surface area (Å²) in [5.74, 6) is -0.163. The van der Waals surface area contributed by atoms with Gasteiger partial charge in [0.15, 0.2) is 0 Å². The summed E-state index contributed by atoms with van der Waals surface area (Å²) in [5.41, 5.74) is 0. The Labute approximate surface area is 95.9 Å². The molecule has 0 amide bonds. The molecule has 4 nitrogen and oxygen atoms in total. The lowest BCUT2D eigenvalue weighted by molar-refractivity contribution is -0.141. The van der Waals surface area contributed by atoms with Gasteiger partial charge < -0.3 is 14.4 Å². The van der Waals surface area contributed by atoms with Gasteiger partial charge in [0.2, 0.25) is 0 Å². The molecule has 0 aliphatic heterocycles. The first-order valence-electron chi connectivity index (χ1n) is 5.46. The molecule has 1 heterocycles. The second-order valence-corrected chi connectivity index (χ2v) is 4.31. The molecule has 0 bridgehead atoms. The molecule has 2 unspecified atom stereocenters. The minimum Gasteiger partial charge on any atom is -0.481 e. The van der Waals surface area contributed by atoms with E-state index in [4.69, 9.17) is 9.52 Å². The average molecular weight is 225 g/mol. The third-order valence-corrected chi connectivity index (χ3v) is 2.81. The van der Waals surface area contributed by atoms with E-state index in [0.29, 0.717) is 6.54 Å². The molecule has 0 fully saturated rings. The van der Waals surface area contributed by atoms with Gasteiger partial charge in [0.05, 0.1) is 12.2 Å². The zero-order chi connectivity index (χ0) is 12.1. The molecule has 1 N–H and O–H groups in total. The standard InChI is InChI=1S/C12H19NO3/c1-9(12(14)15)8-13(3)10(2)7-11-5-4-6-16-11/h4-6,9-10H,7-8H2,1-3H3,(H,14,15). The van der Waals surface area contributed by atoms with Gasteiger partial charge in [0.1, 0.15) is 5.76 Å². The highest BCUT2D eigenvalue weighted by Crippen LogP contribution is 2.09. The lowest BCUT2D eigenvalue weighted by Crippen LogP contribution is -2.36. The van der Waals surface area contributed by atoms with E-state index >= 15 is 0 Å². The second kappa shape index (κ2) is 5.70. The number of nitrogens with zero attached hydrogens (tertiary/aromatic N) is 1. The van der Waals surface area contributed by atoms with Crippen LogP contribution in [-0.2, 0) is 11.2 Å². The molecule has 0 spiro atoms. The molecule has 90 valence electrons. The lowest BCUT2D eigenvalue weighted by atomic mass is 10.1. The van der Waals surface area contributed by atoms with Crippen molar-refractivity contribution in [2.75, 3.05) is 13.6 Å². The summed E-state index contributed by atoms with van der Waals surface area (Å²) in [5, 5.41) is 8.82. The Bertz CT molecular complexity index is 321. The van der Waals surface area contributed by atoms with Crippen LogP contribution in [0.3, 0.4) is 0 Å². The fourth-order valence-corrected chi connectivity index (χ4v) is 1.57. The predicted molar refractivity (Wildman–Crippen MR) is 61.3 cm³/mol. The summed E-state index contributed by atoms with van der Waals surface area (Å²) in [6.45, 7) is 4.34. The summed E-state index contributed by atoms with van der Waals surface area (Å²) in [6, 6.07) is 4.07. The molecule has 0 aromatic carbocycles. The molecule has 0 saturated carbocycles. The molecule has 1 aromatic rings. The zero-order valence-corrected chi connectivity index (χ0v) is 10.0. The number of rotatable bonds is 6. The molecular formula is C12H19NO3. The number of aliphatic carboxylic acids is 1. The third kappa shape index (κ3) is 3.70. The topological polar surface area (TPSA) is 53.7 Å². The number of carboxylic acids is 1. The van der Waals surface area contributed by atoms with Crippen LogP contribution >= 0.6 is 0 Å². The molecule has 0 aliphatic rings. The molecule has 2 atom stereocenters. The Morgan fingerprint density at radius 3 is 2.75 bits per heavy atom. The van der Waals surface area contributed by atoms with Crippen LogP contribution < -0.4 is 0 Å². The third-order valence-electron chi connectivity index (χ3n) is 2.81. The molecule has 16 heavy (non-hydrogen) atoms. The SMILES string of the molecule is CC(CN(C)C(C)Cc1ccco1)C(=O)O. The van der Waals surface area contributed by atoms with Crippen molar-refractivity contribution < 1.29 is 14.3 Å². The molecule has 4 heteroatoms. The first kappa shape index (κ1) is 12.8. The van der Waals surface area contributed by atoms with Crippen molar-refractivity contribution >= 4 is 5.97 Å². The van der Waals surface area contributed by atoms with E-state index < -0.39 is 5.97 Å². The Balaban J connectivity index is 2.41. The second-order valence-electron chi connectivity index (χ2n) is 4.31. The van der Waals surface area contributed by atoms with Crippen molar-refractivity contribution in [2.45, 2.75) is 26.3 Å². The maximum absolute atomic E-state index is 10.7. The Kier molecular flexibility index (Phi) is 4.55. The highest BCUT2D eigenvalue weighted by atomic mass is 16.4. The number of hydrogen-bond donors (Lipinski definition) is 1. The minimum atomic E-state index is -0.753. The first-order valence-corrected chi connectivity index (χ1v) is 5.46. The van der Waals surface area contributed by atoms with Crippen molar-refractivity contribution in [2.24, 2.45) is 5.92 Å². The number of hydrogen-bond acceptors (Lipinski definition) is 3.